The van der Waals surface area contributed by atoms with Crippen LogP contribution in [0.1, 0.15) is 61.6 Å². The third kappa shape index (κ3) is 4.26. The van der Waals surface area contributed by atoms with Gasteiger partial charge in [-0.25, -0.2) is 4.79 Å². The number of carbonyl (C=O) groups excluding carboxylic acids is 2. The molecule has 1 fully saturated rings. The van der Waals surface area contributed by atoms with Gasteiger partial charge in [0, 0.05) is 36.5 Å². The Kier molecular flexibility index (Phi) is 6.03. The number of phenolic OH excluding ortho intramolecular Hbond substituents is 1. The van der Waals surface area contributed by atoms with Gasteiger partial charge < -0.3 is 20.3 Å². The largest absolute Gasteiger partial charge is 0.507 e. The van der Waals surface area contributed by atoms with E-state index < -0.39 is 0 Å². The van der Waals surface area contributed by atoms with Crippen molar-refractivity contribution in [3.8, 4) is 17.0 Å². The Balaban J connectivity index is 1.65. The molecular weight excluding hydrogens is 406 g/mol. The molecule has 1 saturated carbocycles. The van der Waals surface area contributed by atoms with E-state index in [4.69, 9.17) is 0 Å². The first-order chi connectivity index (χ1) is 15.4. The summed E-state index contributed by atoms with van der Waals surface area (Å²) in [5.41, 5.74) is 2.87. The van der Waals surface area contributed by atoms with Crippen LogP contribution in [0.15, 0.2) is 42.6 Å². The fourth-order valence-corrected chi connectivity index (χ4v) is 3.77. The van der Waals surface area contributed by atoms with Gasteiger partial charge in [0.1, 0.15) is 11.4 Å². The van der Waals surface area contributed by atoms with Gasteiger partial charge in [0.05, 0.1) is 11.4 Å². The molecule has 1 atom stereocenters. The molecule has 1 aliphatic carbocycles. The maximum atomic E-state index is 12.9. The summed E-state index contributed by atoms with van der Waals surface area (Å²) in [6, 6.07) is 10.0. The van der Waals surface area contributed by atoms with Crippen molar-refractivity contribution < 1.29 is 14.7 Å². The van der Waals surface area contributed by atoms with Gasteiger partial charge >= 0.3 is 6.03 Å². The van der Waals surface area contributed by atoms with Crippen LogP contribution < -0.4 is 10.6 Å². The topological polar surface area (TPSA) is 101 Å². The van der Waals surface area contributed by atoms with Crippen molar-refractivity contribution >= 4 is 17.6 Å². The minimum atomic E-state index is -0.264. The number of hydrogen-bond donors (Lipinski definition) is 3. The molecule has 3 N–H and O–H groups in total. The number of phenols is 1. The van der Waals surface area contributed by atoms with Gasteiger partial charge in [-0.3, -0.25) is 4.79 Å². The Labute approximate surface area is 187 Å². The SMILES string of the molecule is CCC(C)NC(=O)n1nc(-c2cc(NC(=O)c3cccn3C)ccc2O)cc1C1CCC1. The first-order valence-electron chi connectivity index (χ1n) is 11.0. The number of aryl methyl sites for hydroxylation is 1. The molecule has 1 aromatic carbocycles. The Morgan fingerprint density at radius 2 is 2.03 bits per heavy atom. The van der Waals surface area contributed by atoms with Crippen LogP contribution in [0.4, 0.5) is 10.5 Å². The lowest BCUT2D eigenvalue weighted by molar-refractivity contribution is 0.101. The van der Waals surface area contributed by atoms with Crippen LogP contribution in [0.25, 0.3) is 11.3 Å². The molecule has 0 spiro atoms. The number of rotatable bonds is 6. The molecule has 168 valence electrons. The molecule has 2 heterocycles. The molecule has 8 nitrogen and oxygen atoms in total. The average molecular weight is 436 g/mol. The van der Waals surface area contributed by atoms with E-state index in [0.717, 1.165) is 31.4 Å². The summed E-state index contributed by atoms with van der Waals surface area (Å²) in [5.74, 6) is 0.0677. The molecule has 0 radical (unpaired) electrons. The molecular formula is C24H29N5O3. The van der Waals surface area contributed by atoms with E-state index in [-0.39, 0.29) is 29.6 Å². The second-order valence-electron chi connectivity index (χ2n) is 8.44. The fraction of sp³-hybridized carbons (Fsp3) is 0.375. The molecule has 0 aliphatic heterocycles. The van der Waals surface area contributed by atoms with Gasteiger partial charge in [0.2, 0.25) is 0 Å². The van der Waals surface area contributed by atoms with Crippen LogP contribution in [0, 0.1) is 0 Å². The third-order valence-corrected chi connectivity index (χ3v) is 6.14. The van der Waals surface area contributed by atoms with Gasteiger partial charge in [-0.2, -0.15) is 9.78 Å². The number of hydrogen-bond acceptors (Lipinski definition) is 4. The van der Waals surface area contributed by atoms with Gasteiger partial charge in [0.15, 0.2) is 0 Å². The highest BCUT2D eigenvalue weighted by Gasteiger charge is 2.28. The van der Waals surface area contributed by atoms with Crippen molar-refractivity contribution in [2.24, 2.45) is 7.05 Å². The molecule has 8 heteroatoms. The van der Waals surface area contributed by atoms with E-state index in [1.165, 1.54) is 10.7 Å². The average Bonchev–Trinajstić information content (AvgIpc) is 3.34. The Morgan fingerprint density at radius 1 is 1.25 bits per heavy atom. The van der Waals surface area contributed by atoms with E-state index in [1.54, 1.807) is 42.1 Å². The zero-order chi connectivity index (χ0) is 22.8. The zero-order valence-corrected chi connectivity index (χ0v) is 18.6. The first kappa shape index (κ1) is 21.7. The summed E-state index contributed by atoms with van der Waals surface area (Å²) < 4.78 is 3.17. The van der Waals surface area contributed by atoms with Crippen molar-refractivity contribution in [3.05, 3.63) is 54.0 Å². The number of aromatic nitrogens is 3. The summed E-state index contributed by atoms with van der Waals surface area (Å²) in [6.45, 7) is 3.97. The molecule has 2 amide bonds. The van der Waals surface area contributed by atoms with Crippen LogP contribution in [0.3, 0.4) is 0 Å². The van der Waals surface area contributed by atoms with Crippen LogP contribution >= 0.6 is 0 Å². The highest BCUT2D eigenvalue weighted by atomic mass is 16.3. The predicted octanol–water partition coefficient (Wildman–Crippen LogP) is 4.47. The number of aromatic hydroxyl groups is 1. The predicted molar refractivity (Wildman–Crippen MR) is 123 cm³/mol. The summed E-state index contributed by atoms with van der Waals surface area (Å²) in [5, 5.41) is 20.9. The van der Waals surface area contributed by atoms with E-state index >= 15 is 0 Å². The fourth-order valence-electron chi connectivity index (χ4n) is 3.77. The molecule has 0 saturated heterocycles. The standard InChI is InChI=1S/C24H29N5O3/c1-4-15(2)25-24(32)29-21(16-7-5-8-16)14-19(27-29)18-13-17(10-11-22(18)30)26-23(31)20-9-6-12-28(20)3/h6,9-16,30H,4-5,7-8H2,1-3H3,(H,25,32)(H,26,31). The lowest BCUT2D eigenvalue weighted by atomic mass is 9.82. The molecule has 1 unspecified atom stereocenters. The zero-order valence-electron chi connectivity index (χ0n) is 18.6. The molecule has 4 rings (SSSR count). The maximum Gasteiger partial charge on any atom is 0.342 e. The smallest absolute Gasteiger partial charge is 0.342 e. The molecule has 3 aromatic rings. The van der Waals surface area contributed by atoms with Crippen LogP contribution in [0.5, 0.6) is 5.75 Å². The lowest BCUT2D eigenvalue weighted by Crippen LogP contribution is -2.37. The Hall–Kier alpha value is -3.55. The molecule has 2 aromatic heterocycles. The van der Waals surface area contributed by atoms with Gasteiger partial charge in [0.25, 0.3) is 5.91 Å². The third-order valence-electron chi connectivity index (χ3n) is 6.14. The van der Waals surface area contributed by atoms with Crippen molar-refractivity contribution in [2.45, 2.75) is 51.5 Å². The molecule has 0 bridgehead atoms. The van der Waals surface area contributed by atoms with Crippen LogP contribution in [-0.2, 0) is 7.05 Å². The maximum absolute atomic E-state index is 12.9. The Morgan fingerprint density at radius 3 is 2.66 bits per heavy atom. The number of nitrogens with zero attached hydrogens (tertiary/aromatic N) is 3. The highest BCUT2D eigenvalue weighted by Crippen LogP contribution is 2.39. The number of carbonyl (C=O) groups is 2. The normalized spacial score (nSPS) is 14.6. The quantitative estimate of drug-likeness (QED) is 0.497. The highest BCUT2D eigenvalue weighted by molar-refractivity contribution is 6.03. The second kappa shape index (κ2) is 8.90. The number of anilines is 1. The summed E-state index contributed by atoms with van der Waals surface area (Å²) in [4.78, 5) is 25.4. The number of nitrogens with one attached hydrogen (secondary N) is 2. The van der Waals surface area contributed by atoms with Gasteiger partial charge in [-0.15, -0.1) is 0 Å². The van der Waals surface area contributed by atoms with E-state index in [0.29, 0.717) is 22.6 Å². The van der Waals surface area contributed by atoms with E-state index in [1.807, 2.05) is 19.9 Å². The van der Waals surface area contributed by atoms with Crippen molar-refractivity contribution in [3.63, 3.8) is 0 Å². The number of benzene rings is 1. The molecule has 1 aliphatic rings. The van der Waals surface area contributed by atoms with E-state index in [9.17, 15) is 14.7 Å². The Bertz CT molecular complexity index is 1140. The van der Waals surface area contributed by atoms with Crippen molar-refractivity contribution in [1.82, 2.24) is 19.7 Å². The van der Waals surface area contributed by atoms with Crippen LogP contribution in [-0.4, -0.2) is 37.4 Å². The van der Waals surface area contributed by atoms with Gasteiger partial charge in [-0.05, 0) is 62.6 Å². The minimum absolute atomic E-state index is 0.0360. The van der Waals surface area contributed by atoms with Gasteiger partial charge in [-0.1, -0.05) is 13.3 Å². The van der Waals surface area contributed by atoms with Crippen molar-refractivity contribution in [1.29, 1.82) is 0 Å². The minimum Gasteiger partial charge on any atom is -0.507 e. The lowest BCUT2D eigenvalue weighted by Gasteiger charge is -2.25. The monoisotopic (exact) mass is 435 g/mol. The van der Waals surface area contributed by atoms with E-state index in [2.05, 4.69) is 15.7 Å². The molecule has 32 heavy (non-hydrogen) atoms. The summed E-state index contributed by atoms with van der Waals surface area (Å²) in [7, 11) is 1.80. The van der Waals surface area contributed by atoms with Crippen LogP contribution in [0.2, 0.25) is 0 Å². The summed E-state index contributed by atoms with van der Waals surface area (Å²) in [6.07, 6.45) is 5.78. The second-order valence-corrected chi connectivity index (χ2v) is 8.44. The van der Waals surface area contributed by atoms with Crippen molar-refractivity contribution in [2.75, 3.05) is 5.32 Å². The first-order valence-corrected chi connectivity index (χ1v) is 11.0. The number of amides is 2. The summed E-state index contributed by atoms with van der Waals surface area (Å²) >= 11 is 0.